The van der Waals surface area contributed by atoms with E-state index >= 15 is 0 Å². The third-order valence-corrected chi connectivity index (χ3v) is 30.6. The number of rotatable bonds is 13. The Morgan fingerprint density at radius 3 is 1.45 bits per heavy atom. The predicted molar refractivity (Wildman–Crippen MR) is 252 cm³/mol. The molecule has 0 N–H and O–H groups in total. The summed E-state index contributed by atoms with van der Waals surface area (Å²) in [5.74, 6) is 1.04. The Labute approximate surface area is 358 Å². The van der Waals surface area contributed by atoms with E-state index in [4.69, 9.17) is 0 Å². The van der Waals surface area contributed by atoms with Gasteiger partial charge in [0.15, 0.2) is 0 Å². The summed E-state index contributed by atoms with van der Waals surface area (Å²) < 4.78 is 2.83. The molecular formula is C56H59HfSi. The van der Waals surface area contributed by atoms with Gasteiger partial charge in [-0.05, 0) is 0 Å². The zero-order valence-corrected chi connectivity index (χ0v) is 40.5. The summed E-state index contributed by atoms with van der Waals surface area (Å²) in [6, 6.07) is 50.4. The van der Waals surface area contributed by atoms with Crippen LogP contribution < -0.4 is 13.7 Å². The Bertz CT molecular complexity index is 2420. The van der Waals surface area contributed by atoms with Gasteiger partial charge in [-0.3, -0.25) is 0 Å². The summed E-state index contributed by atoms with van der Waals surface area (Å²) >= 11 is -3.12. The molecule has 2 aliphatic carbocycles. The minimum absolute atomic E-state index is 0.507. The van der Waals surface area contributed by atoms with Crippen LogP contribution in [-0.2, 0) is 21.4 Å². The second kappa shape index (κ2) is 16.9. The zero-order valence-electron chi connectivity index (χ0n) is 35.5. The maximum atomic E-state index is 2.71. The number of hydrogen-bond acceptors (Lipinski definition) is 0. The molecule has 0 amide bonds. The molecule has 3 aliphatic rings. The molecule has 1 aliphatic heterocycles. The van der Waals surface area contributed by atoms with Crippen molar-refractivity contribution in [2.45, 2.75) is 99.3 Å². The molecule has 4 atom stereocenters. The molecule has 6 aromatic carbocycles. The van der Waals surface area contributed by atoms with Crippen molar-refractivity contribution in [3.8, 4) is 33.4 Å². The van der Waals surface area contributed by atoms with Crippen molar-refractivity contribution >= 4 is 35.4 Å². The van der Waals surface area contributed by atoms with Crippen LogP contribution in [0, 0.1) is 0 Å². The monoisotopic (exact) mass is 939 g/mol. The van der Waals surface area contributed by atoms with E-state index in [2.05, 4.69) is 181 Å². The molecule has 58 heavy (non-hydrogen) atoms. The third-order valence-electron chi connectivity index (χ3n) is 14.0. The normalized spacial score (nSPS) is 17.6. The van der Waals surface area contributed by atoms with Gasteiger partial charge >= 0.3 is 361 Å². The van der Waals surface area contributed by atoms with Crippen LogP contribution >= 0.6 is 0 Å². The predicted octanol–water partition coefficient (Wildman–Crippen LogP) is 13.3. The second-order valence-corrected chi connectivity index (χ2v) is 28.5. The average molecular weight is 939 g/mol. The summed E-state index contributed by atoms with van der Waals surface area (Å²) in [5, 5.41) is 3.41. The standard InChI is InChI=1S/2C22H25.C12H9Si.Hf/c2*1-4-9-17-14-18-10-8-13-21(22(18)15-17)20-12-7-6-11-19(20)16(3)5-2;1-3-7-11-9(5-1)10-6-2-4-8-12(10)13-11;/h2*6-8,10-16H,4-5,9H2,1-3H3;1-7H,13H2;. The summed E-state index contributed by atoms with van der Waals surface area (Å²) in [4.78, 5) is 0. The number of allylic oxidation sites excluding steroid dienone is 2. The molecule has 2 heteroatoms. The fraction of sp³-hybridized carbons (Fsp3) is 0.286. The Hall–Kier alpha value is -4.11. The molecular weight excluding hydrogens is 879 g/mol. The Balaban J connectivity index is 1.30. The van der Waals surface area contributed by atoms with E-state index in [-0.39, 0.29) is 0 Å². The molecule has 1 heterocycles. The van der Waals surface area contributed by atoms with Gasteiger partial charge in [-0.15, -0.1) is 0 Å². The zero-order chi connectivity index (χ0) is 39.9. The maximum absolute atomic E-state index is 3.12. The number of fused-ring (bicyclic) bond motifs is 5. The molecule has 0 nitrogen and oxygen atoms in total. The summed E-state index contributed by atoms with van der Waals surface area (Å²) in [5.41, 5.74) is 21.5. The van der Waals surface area contributed by atoms with Crippen molar-refractivity contribution < 1.29 is 21.4 Å². The van der Waals surface area contributed by atoms with Crippen LogP contribution in [0.3, 0.4) is 0 Å². The minimum atomic E-state index is -3.12. The van der Waals surface area contributed by atoms with Crippen molar-refractivity contribution in [3.63, 3.8) is 0 Å². The first-order chi connectivity index (χ1) is 28.5. The van der Waals surface area contributed by atoms with Crippen LogP contribution in [0.25, 0.3) is 45.5 Å². The van der Waals surface area contributed by atoms with Gasteiger partial charge in [-0.25, -0.2) is 0 Å². The number of hydrogen-bond donors (Lipinski definition) is 0. The molecule has 0 aromatic heterocycles. The van der Waals surface area contributed by atoms with Gasteiger partial charge in [0.25, 0.3) is 0 Å². The third kappa shape index (κ3) is 6.77. The van der Waals surface area contributed by atoms with Crippen LogP contribution in [0.5, 0.6) is 0 Å². The molecule has 0 fully saturated rings. The first-order valence-corrected chi connectivity index (χ1v) is 29.8. The summed E-state index contributed by atoms with van der Waals surface area (Å²) in [7, 11) is -0.613. The van der Waals surface area contributed by atoms with Crippen molar-refractivity contribution in [2.75, 3.05) is 0 Å². The summed E-state index contributed by atoms with van der Waals surface area (Å²) in [6.07, 6.45) is 12.4. The van der Waals surface area contributed by atoms with Crippen LogP contribution in [0.15, 0.2) is 139 Å². The van der Waals surface area contributed by atoms with Gasteiger partial charge < -0.3 is 0 Å². The van der Waals surface area contributed by atoms with Crippen LogP contribution in [0.2, 0.25) is 0 Å². The van der Waals surface area contributed by atoms with Crippen molar-refractivity contribution in [1.82, 2.24) is 0 Å². The van der Waals surface area contributed by atoms with Crippen molar-refractivity contribution in [1.29, 1.82) is 0 Å². The second-order valence-electron chi connectivity index (χ2n) is 17.3. The van der Waals surface area contributed by atoms with Crippen LogP contribution in [0.4, 0.5) is 0 Å². The van der Waals surface area contributed by atoms with E-state index < -0.39 is 31.0 Å². The van der Waals surface area contributed by atoms with Crippen molar-refractivity contribution in [2.24, 2.45) is 0 Å². The van der Waals surface area contributed by atoms with Gasteiger partial charge in [-0.2, -0.15) is 0 Å². The molecule has 0 bridgehead atoms. The van der Waals surface area contributed by atoms with Crippen molar-refractivity contribution in [3.05, 3.63) is 172 Å². The van der Waals surface area contributed by atoms with Gasteiger partial charge in [0.1, 0.15) is 0 Å². The van der Waals surface area contributed by atoms with Gasteiger partial charge in [-0.1, -0.05) is 0 Å². The molecule has 0 radical (unpaired) electrons. The quantitative estimate of drug-likeness (QED) is 0.101. The van der Waals surface area contributed by atoms with E-state index in [1.165, 1.54) is 75.8 Å². The van der Waals surface area contributed by atoms with Gasteiger partial charge in [0.2, 0.25) is 0 Å². The Morgan fingerprint density at radius 1 is 0.483 bits per heavy atom. The van der Waals surface area contributed by atoms with Gasteiger partial charge in [0.05, 0.1) is 0 Å². The molecule has 0 saturated carbocycles. The van der Waals surface area contributed by atoms with E-state index in [1.54, 1.807) is 38.2 Å². The SMILES string of the molecule is CCCC1=Cc2c(-c3ccccc3C(C)CC)cccc2[CH]1[Hf]([c]1cccc2c1[SiH2]c1ccccc1-2)[CH]1C(CCC)=Cc2c(-c3ccccc3C(C)CC)cccc21. The molecule has 291 valence electrons. The fourth-order valence-electron chi connectivity index (χ4n) is 10.8. The topological polar surface area (TPSA) is 0 Å². The first-order valence-electron chi connectivity index (χ1n) is 22.4. The van der Waals surface area contributed by atoms with Crippen LogP contribution in [-0.4, -0.2) is 9.52 Å². The fourth-order valence-corrected chi connectivity index (χ4v) is 30.3. The van der Waals surface area contributed by atoms with E-state index in [0.29, 0.717) is 19.2 Å². The van der Waals surface area contributed by atoms with E-state index in [9.17, 15) is 0 Å². The van der Waals surface area contributed by atoms with E-state index in [1.807, 2.05) is 3.32 Å². The first kappa shape index (κ1) is 39.4. The molecule has 0 saturated heterocycles. The molecule has 9 rings (SSSR count). The number of benzene rings is 6. The molecule has 4 unspecified atom stereocenters. The average Bonchev–Trinajstić information content (AvgIpc) is 3.95. The van der Waals surface area contributed by atoms with Gasteiger partial charge in [0, 0.05) is 0 Å². The Kier molecular flexibility index (Phi) is 11.4. The van der Waals surface area contributed by atoms with Crippen LogP contribution in [0.1, 0.15) is 133 Å². The van der Waals surface area contributed by atoms with E-state index in [0.717, 1.165) is 12.8 Å². The summed E-state index contributed by atoms with van der Waals surface area (Å²) in [6.45, 7) is 14.3. The Morgan fingerprint density at radius 2 is 0.931 bits per heavy atom. The molecule has 6 aromatic rings. The molecule has 0 spiro atoms.